The van der Waals surface area contributed by atoms with E-state index in [2.05, 4.69) is 9.72 Å². The maximum Gasteiger partial charge on any atom is 0.338 e. The Morgan fingerprint density at radius 3 is 3.00 bits per heavy atom. The molecule has 1 saturated carbocycles. The van der Waals surface area contributed by atoms with Gasteiger partial charge in [-0.25, -0.2) is 9.78 Å². The van der Waals surface area contributed by atoms with E-state index in [-0.39, 0.29) is 18.1 Å². The van der Waals surface area contributed by atoms with Crippen LogP contribution in [0.2, 0.25) is 0 Å². The zero-order valence-electron chi connectivity index (χ0n) is 9.76. The molecule has 1 aromatic rings. The number of aromatic nitrogens is 1. The van der Waals surface area contributed by atoms with E-state index in [1.54, 1.807) is 12.1 Å². The van der Waals surface area contributed by atoms with Crippen LogP contribution < -0.4 is 10.5 Å². The van der Waals surface area contributed by atoms with Gasteiger partial charge >= 0.3 is 5.97 Å². The molecule has 5 heteroatoms. The quantitative estimate of drug-likeness (QED) is 0.796. The topological polar surface area (TPSA) is 74.4 Å². The smallest absolute Gasteiger partial charge is 0.338 e. The van der Waals surface area contributed by atoms with Crippen molar-refractivity contribution >= 4 is 5.97 Å². The summed E-state index contributed by atoms with van der Waals surface area (Å²) in [5, 5.41) is 0. The number of carbonyl (C=O) groups is 1. The summed E-state index contributed by atoms with van der Waals surface area (Å²) in [4.78, 5) is 15.4. The molecule has 5 nitrogen and oxygen atoms in total. The van der Waals surface area contributed by atoms with Crippen molar-refractivity contribution in [3.05, 3.63) is 23.9 Å². The van der Waals surface area contributed by atoms with E-state index in [1.165, 1.54) is 13.3 Å². The fraction of sp³-hybridized carbons (Fsp3) is 0.500. The highest BCUT2D eigenvalue weighted by Gasteiger charge is 2.23. The Kier molecular flexibility index (Phi) is 3.58. The maximum atomic E-state index is 11.3. The average molecular weight is 236 g/mol. The number of hydrogen-bond donors (Lipinski definition) is 1. The molecule has 1 aliphatic carbocycles. The van der Waals surface area contributed by atoms with Crippen LogP contribution in [-0.4, -0.2) is 30.2 Å². The molecule has 2 atom stereocenters. The SMILES string of the molecule is COC(=O)c1ccnc(OC2CCC(N)C2)c1. The summed E-state index contributed by atoms with van der Waals surface area (Å²) in [5.41, 5.74) is 6.25. The number of esters is 1. The Balaban J connectivity index is 2.03. The van der Waals surface area contributed by atoms with Crippen LogP contribution in [0.25, 0.3) is 0 Å². The Labute approximate surface area is 99.9 Å². The number of hydrogen-bond acceptors (Lipinski definition) is 5. The van der Waals surface area contributed by atoms with Crippen LogP contribution in [0.1, 0.15) is 29.6 Å². The molecule has 1 aliphatic rings. The van der Waals surface area contributed by atoms with E-state index >= 15 is 0 Å². The molecule has 2 N–H and O–H groups in total. The molecule has 2 rings (SSSR count). The minimum Gasteiger partial charge on any atom is -0.474 e. The highest BCUT2D eigenvalue weighted by Crippen LogP contribution is 2.22. The first-order valence-corrected chi connectivity index (χ1v) is 5.65. The molecule has 0 radical (unpaired) electrons. The van der Waals surface area contributed by atoms with Crippen LogP contribution >= 0.6 is 0 Å². The van der Waals surface area contributed by atoms with Gasteiger partial charge in [-0.05, 0) is 25.3 Å². The third kappa shape index (κ3) is 2.94. The molecule has 1 fully saturated rings. The van der Waals surface area contributed by atoms with Gasteiger partial charge in [0.25, 0.3) is 0 Å². The van der Waals surface area contributed by atoms with Gasteiger partial charge < -0.3 is 15.2 Å². The maximum absolute atomic E-state index is 11.3. The second-order valence-corrected chi connectivity index (χ2v) is 4.19. The van der Waals surface area contributed by atoms with Crippen molar-refractivity contribution in [3.63, 3.8) is 0 Å². The predicted octanol–water partition coefficient (Wildman–Crippen LogP) is 1.13. The Hall–Kier alpha value is -1.62. The molecule has 0 saturated heterocycles. The summed E-state index contributed by atoms with van der Waals surface area (Å²) in [6.45, 7) is 0. The van der Waals surface area contributed by atoms with Crippen molar-refractivity contribution in [3.8, 4) is 5.88 Å². The lowest BCUT2D eigenvalue weighted by Gasteiger charge is -2.12. The normalized spacial score (nSPS) is 23.4. The number of rotatable bonds is 3. The van der Waals surface area contributed by atoms with Gasteiger partial charge in [0, 0.05) is 18.3 Å². The van der Waals surface area contributed by atoms with Gasteiger partial charge in [0.2, 0.25) is 5.88 Å². The fourth-order valence-electron chi connectivity index (χ4n) is 1.97. The molecule has 92 valence electrons. The lowest BCUT2D eigenvalue weighted by molar-refractivity contribution is 0.0599. The Morgan fingerprint density at radius 1 is 1.53 bits per heavy atom. The van der Waals surface area contributed by atoms with E-state index in [0.29, 0.717) is 11.4 Å². The van der Waals surface area contributed by atoms with Crippen LogP contribution in [0.3, 0.4) is 0 Å². The highest BCUT2D eigenvalue weighted by molar-refractivity contribution is 5.89. The van der Waals surface area contributed by atoms with Crippen molar-refractivity contribution < 1.29 is 14.3 Å². The molecule has 1 heterocycles. The summed E-state index contributed by atoms with van der Waals surface area (Å²) < 4.78 is 10.3. The summed E-state index contributed by atoms with van der Waals surface area (Å²) >= 11 is 0. The van der Waals surface area contributed by atoms with Gasteiger partial charge in [-0.3, -0.25) is 0 Å². The summed E-state index contributed by atoms with van der Waals surface area (Å²) in [5.74, 6) is 0.0624. The number of pyridine rings is 1. The zero-order chi connectivity index (χ0) is 12.3. The van der Waals surface area contributed by atoms with Gasteiger partial charge in [-0.1, -0.05) is 0 Å². The molecule has 0 amide bonds. The first-order chi connectivity index (χ1) is 8.19. The first-order valence-electron chi connectivity index (χ1n) is 5.65. The second kappa shape index (κ2) is 5.14. The molecule has 17 heavy (non-hydrogen) atoms. The third-order valence-electron chi connectivity index (χ3n) is 2.87. The van der Waals surface area contributed by atoms with Gasteiger partial charge in [-0.15, -0.1) is 0 Å². The van der Waals surface area contributed by atoms with Crippen molar-refractivity contribution in [2.24, 2.45) is 5.73 Å². The minimum atomic E-state index is -0.389. The van der Waals surface area contributed by atoms with Crippen molar-refractivity contribution in [1.82, 2.24) is 4.98 Å². The zero-order valence-corrected chi connectivity index (χ0v) is 9.76. The predicted molar refractivity (Wildman–Crippen MR) is 61.8 cm³/mol. The monoisotopic (exact) mass is 236 g/mol. The van der Waals surface area contributed by atoms with Crippen molar-refractivity contribution in [1.29, 1.82) is 0 Å². The number of nitrogens with two attached hydrogens (primary N) is 1. The van der Waals surface area contributed by atoms with Gasteiger partial charge in [0.05, 0.1) is 12.7 Å². The Morgan fingerprint density at radius 2 is 2.35 bits per heavy atom. The van der Waals surface area contributed by atoms with Gasteiger partial charge in [0.15, 0.2) is 0 Å². The molecule has 0 aromatic carbocycles. The average Bonchev–Trinajstić information content (AvgIpc) is 2.74. The largest absolute Gasteiger partial charge is 0.474 e. The van der Waals surface area contributed by atoms with E-state index < -0.39 is 0 Å². The third-order valence-corrected chi connectivity index (χ3v) is 2.87. The van der Waals surface area contributed by atoms with E-state index in [1.807, 2.05) is 0 Å². The Bertz CT molecular complexity index is 408. The fourth-order valence-corrected chi connectivity index (χ4v) is 1.97. The lowest BCUT2D eigenvalue weighted by Crippen LogP contribution is -2.19. The van der Waals surface area contributed by atoms with Crippen LogP contribution in [-0.2, 0) is 4.74 Å². The molecule has 0 spiro atoms. The minimum absolute atomic E-state index is 0.102. The second-order valence-electron chi connectivity index (χ2n) is 4.19. The number of methoxy groups -OCH3 is 1. The van der Waals surface area contributed by atoms with Crippen LogP contribution in [0.4, 0.5) is 0 Å². The summed E-state index contributed by atoms with van der Waals surface area (Å²) in [7, 11) is 1.35. The lowest BCUT2D eigenvalue weighted by atomic mass is 10.2. The van der Waals surface area contributed by atoms with Gasteiger partial charge in [0.1, 0.15) is 6.10 Å². The summed E-state index contributed by atoms with van der Waals surface area (Å²) in [6.07, 6.45) is 4.39. The van der Waals surface area contributed by atoms with Crippen LogP contribution in [0.15, 0.2) is 18.3 Å². The number of ether oxygens (including phenoxy) is 2. The van der Waals surface area contributed by atoms with E-state index in [0.717, 1.165) is 19.3 Å². The van der Waals surface area contributed by atoms with Crippen molar-refractivity contribution in [2.45, 2.75) is 31.4 Å². The number of nitrogens with zero attached hydrogens (tertiary/aromatic N) is 1. The molecule has 0 aliphatic heterocycles. The van der Waals surface area contributed by atoms with Crippen molar-refractivity contribution in [2.75, 3.05) is 7.11 Å². The molecule has 1 aromatic heterocycles. The van der Waals surface area contributed by atoms with E-state index in [4.69, 9.17) is 10.5 Å². The van der Waals surface area contributed by atoms with Crippen LogP contribution in [0.5, 0.6) is 5.88 Å². The van der Waals surface area contributed by atoms with E-state index in [9.17, 15) is 4.79 Å². The summed E-state index contributed by atoms with van der Waals surface area (Å²) in [6, 6.07) is 3.40. The molecular weight excluding hydrogens is 220 g/mol. The number of carbonyl (C=O) groups excluding carboxylic acids is 1. The molecular formula is C12H16N2O3. The van der Waals surface area contributed by atoms with Gasteiger partial charge in [-0.2, -0.15) is 0 Å². The first kappa shape index (κ1) is 11.9. The van der Waals surface area contributed by atoms with Crippen LogP contribution in [0, 0.1) is 0 Å². The standard InChI is InChI=1S/C12H16N2O3/c1-16-12(15)8-4-5-14-11(6-8)17-10-3-2-9(13)7-10/h4-6,9-10H,2-3,7,13H2,1H3. The molecule has 2 unspecified atom stereocenters. The highest BCUT2D eigenvalue weighted by atomic mass is 16.5. The molecule has 0 bridgehead atoms.